The topological polar surface area (TPSA) is 61.5 Å². The first-order valence-electron chi connectivity index (χ1n) is 5.78. The maximum atomic E-state index is 12.2. The Morgan fingerprint density at radius 1 is 1.41 bits per heavy atom. The van der Waals surface area contributed by atoms with Gasteiger partial charge in [0, 0.05) is 36.4 Å². The second-order valence-corrected chi connectivity index (χ2v) is 4.20. The highest BCUT2D eigenvalue weighted by Gasteiger charge is 2.24. The molecule has 1 aliphatic rings. The minimum absolute atomic E-state index is 0.0412. The third-order valence-electron chi connectivity index (χ3n) is 3.12. The van der Waals surface area contributed by atoms with Crippen LogP contribution in [0, 0.1) is 5.92 Å². The number of ether oxygens (including phenoxy) is 2. The summed E-state index contributed by atoms with van der Waals surface area (Å²) >= 11 is 0. The molecule has 0 atom stereocenters. The maximum Gasteiger partial charge on any atom is 0.168 e. The Bertz CT molecular complexity index is 411. The van der Waals surface area contributed by atoms with Crippen molar-refractivity contribution in [2.45, 2.75) is 12.8 Å². The minimum atomic E-state index is 0.0412. The van der Waals surface area contributed by atoms with Gasteiger partial charge >= 0.3 is 0 Å². The molecule has 4 nitrogen and oxygen atoms in total. The second kappa shape index (κ2) is 5.19. The summed E-state index contributed by atoms with van der Waals surface area (Å²) in [6.45, 7) is 1.32. The average Bonchev–Trinajstić information content (AvgIpc) is 2.39. The van der Waals surface area contributed by atoms with Crippen LogP contribution in [0.1, 0.15) is 23.2 Å². The Hall–Kier alpha value is -1.55. The molecule has 1 aromatic carbocycles. The number of methoxy groups -OCH3 is 1. The van der Waals surface area contributed by atoms with Crippen molar-refractivity contribution in [2.24, 2.45) is 5.92 Å². The molecule has 0 amide bonds. The van der Waals surface area contributed by atoms with Gasteiger partial charge in [-0.25, -0.2) is 0 Å². The lowest BCUT2D eigenvalue weighted by Gasteiger charge is -2.21. The van der Waals surface area contributed by atoms with E-state index in [9.17, 15) is 4.79 Å². The number of hydrogen-bond acceptors (Lipinski definition) is 4. The number of carbonyl (C=O) groups excluding carboxylic acids is 1. The molecule has 0 unspecified atom stereocenters. The van der Waals surface area contributed by atoms with Crippen LogP contribution in [0.25, 0.3) is 0 Å². The summed E-state index contributed by atoms with van der Waals surface area (Å²) in [5.74, 6) is 0.832. The van der Waals surface area contributed by atoms with Gasteiger partial charge in [-0.1, -0.05) is 0 Å². The second-order valence-electron chi connectivity index (χ2n) is 4.20. The Kier molecular flexibility index (Phi) is 3.64. The number of nitrogen functional groups attached to an aromatic ring is 1. The zero-order valence-corrected chi connectivity index (χ0v) is 9.94. The zero-order valence-electron chi connectivity index (χ0n) is 9.94. The van der Waals surface area contributed by atoms with E-state index in [0.717, 1.165) is 12.8 Å². The molecular weight excluding hydrogens is 218 g/mol. The number of rotatable bonds is 3. The van der Waals surface area contributed by atoms with E-state index in [1.807, 2.05) is 0 Å². The van der Waals surface area contributed by atoms with Crippen molar-refractivity contribution in [2.75, 3.05) is 26.1 Å². The monoisotopic (exact) mass is 235 g/mol. The van der Waals surface area contributed by atoms with Gasteiger partial charge in [-0.05, 0) is 25.0 Å². The lowest BCUT2D eigenvalue weighted by atomic mass is 9.90. The number of ketones is 1. The summed E-state index contributed by atoms with van der Waals surface area (Å²) in [7, 11) is 1.58. The fourth-order valence-electron chi connectivity index (χ4n) is 2.07. The van der Waals surface area contributed by atoms with Crippen LogP contribution in [0.4, 0.5) is 5.69 Å². The number of benzene rings is 1. The highest BCUT2D eigenvalue weighted by atomic mass is 16.5. The van der Waals surface area contributed by atoms with Gasteiger partial charge in [0.25, 0.3) is 0 Å². The number of anilines is 1. The molecule has 0 spiro atoms. The molecule has 0 aromatic heterocycles. The van der Waals surface area contributed by atoms with Crippen molar-refractivity contribution in [1.82, 2.24) is 0 Å². The van der Waals surface area contributed by atoms with Crippen molar-refractivity contribution < 1.29 is 14.3 Å². The summed E-state index contributed by atoms with van der Waals surface area (Å²) in [5, 5.41) is 0. The SMILES string of the molecule is COc1ccc(C(=O)C2CCOCC2)c(N)c1. The molecule has 1 aliphatic heterocycles. The normalized spacial score (nSPS) is 16.8. The number of Topliss-reactive ketones (excluding diaryl/α,β-unsaturated/α-hetero) is 1. The van der Waals surface area contributed by atoms with Gasteiger partial charge in [-0.2, -0.15) is 0 Å². The van der Waals surface area contributed by atoms with Crippen LogP contribution in [0.5, 0.6) is 5.75 Å². The van der Waals surface area contributed by atoms with Crippen molar-refractivity contribution in [3.63, 3.8) is 0 Å². The molecule has 0 radical (unpaired) electrons. The van der Waals surface area contributed by atoms with E-state index in [-0.39, 0.29) is 11.7 Å². The highest BCUT2D eigenvalue weighted by Crippen LogP contribution is 2.26. The van der Waals surface area contributed by atoms with Crippen LogP contribution in [-0.2, 0) is 4.74 Å². The van der Waals surface area contributed by atoms with Crippen LogP contribution < -0.4 is 10.5 Å². The molecule has 2 N–H and O–H groups in total. The lowest BCUT2D eigenvalue weighted by molar-refractivity contribution is 0.0545. The molecule has 1 fully saturated rings. The van der Waals surface area contributed by atoms with E-state index >= 15 is 0 Å². The molecule has 4 heteroatoms. The van der Waals surface area contributed by atoms with Crippen molar-refractivity contribution in [3.05, 3.63) is 23.8 Å². The van der Waals surface area contributed by atoms with E-state index < -0.39 is 0 Å². The number of carbonyl (C=O) groups is 1. The molecule has 1 saturated heterocycles. The van der Waals surface area contributed by atoms with Gasteiger partial charge in [0.1, 0.15) is 5.75 Å². The quantitative estimate of drug-likeness (QED) is 0.642. The van der Waals surface area contributed by atoms with Gasteiger partial charge in [-0.3, -0.25) is 4.79 Å². The first-order chi connectivity index (χ1) is 8.22. The van der Waals surface area contributed by atoms with Gasteiger partial charge in [0.2, 0.25) is 0 Å². The third-order valence-corrected chi connectivity index (χ3v) is 3.12. The zero-order chi connectivity index (χ0) is 12.3. The minimum Gasteiger partial charge on any atom is -0.497 e. The molecule has 1 aromatic rings. The van der Waals surface area contributed by atoms with E-state index in [4.69, 9.17) is 15.2 Å². The van der Waals surface area contributed by atoms with Crippen LogP contribution in [0.2, 0.25) is 0 Å². The first kappa shape index (κ1) is 11.9. The Morgan fingerprint density at radius 2 is 2.12 bits per heavy atom. The van der Waals surface area contributed by atoms with Gasteiger partial charge in [0.15, 0.2) is 5.78 Å². The van der Waals surface area contributed by atoms with Crippen molar-refractivity contribution in [1.29, 1.82) is 0 Å². The van der Waals surface area contributed by atoms with E-state index in [1.54, 1.807) is 25.3 Å². The molecule has 2 rings (SSSR count). The maximum absolute atomic E-state index is 12.2. The highest BCUT2D eigenvalue weighted by molar-refractivity contribution is 6.02. The fourth-order valence-corrected chi connectivity index (χ4v) is 2.07. The van der Waals surface area contributed by atoms with Gasteiger partial charge < -0.3 is 15.2 Å². The average molecular weight is 235 g/mol. The molecule has 17 heavy (non-hydrogen) atoms. The Balaban J connectivity index is 2.18. The molecule has 0 saturated carbocycles. The first-order valence-corrected chi connectivity index (χ1v) is 5.78. The standard InChI is InChI=1S/C13H17NO3/c1-16-10-2-3-11(12(14)8-10)13(15)9-4-6-17-7-5-9/h2-3,8-9H,4-7,14H2,1H3. The molecular formula is C13H17NO3. The van der Waals surface area contributed by atoms with Gasteiger partial charge in [-0.15, -0.1) is 0 Å². The summed E-state index contributed by atoms with van der Waals surface area (Å²) in [4.78, 5) is 12.2. The van der Waals surface area contributed by atoms with Crippen molar-refractivity contribution in [3.8, 4) is 5.75 Å². The molecule has 1 heterocycles. The van der Waals surface area contributed by atoms with E-state index in [1.165, 1.54) is 0 Å². The summed E-state index contributed by atoms with van der Waals surface area (Å²) in [6.07, 6.45) is 1.56. The Labute approximate surface area is 101 Å². The molecule has 0 aliphatic carbocycles. The summed E-state index contributed by atoms with van der Waals surface area (Å²) < 4.78 is 10.3. The predicted molar refractivity (Wildman–Crippen MR) is 65.3 cm³/mol. The van der Waals surface area contributed by atoms with Crippen LogP contribution >= 0.6 is 0 Å². The Morgan fingerprint density at radius 3 is 2.71 bits per heavy atom. The fraction of sp³-hybridized carbons (Fsp3) is 0.462. The number of nitrogens with two attached hydrogens (primary N) is 1. The largest absolute Gasteiger partial charge is 0.497 e. The van der Waals surface area contributed by atoms with E-state index in [2.05, 4.69) is 0 Å². The predicted octanol–water partition coefficient (Wildman–Crippen LogP) is 1.89. The van der Waals surface area contributed by atoms with Crippen LogP contribution in [-0.4, -0.2) is 26.1 Å². The summed E-state index contributed by atoms with van der Waals surface area (Å²) in [5.41, 5.74) is 6.95. The number of hydrogen-bond donors (Lipinski definition) is 1. The van der Waals surface area contributed by atoms with Crippen LogP contribution in [0.15, 0.2) is 18.2 Å². The molecule has 0 bridgehead atoms. The van der Waals surface area contributed by atoms with Gasteiger partial charge in [0.05, 0.1) is 7.11 Å². The third kappa shape index (κ3) is 2.58. The van der Waals surface area contributed by atoms with E-state index in [0.29, 0.717) is 30.2 Å². The smallest absolute Gasteiger partial charge is 0.168 e. The lowest BCUT2D eigenvalue weighted by Crippen LogP contribution is -2.24. The summed E-state index contributed by atoms with van der Waals surface area (Å²) in [6, 6.07) is 5.20. The van der Waals surface area contributed by atoms with Crippen molar-refractivity contribution >= 4 is 11.5 Å². The molecule has 92 valence electrons. The van der Waals surface area contributed by atoms with Crippen LogP contribution in [0.3, 0.4) is 0 Å².